The summed E-state index contributed by atoms with van der Waals surface area (Å²) in [7, 11) is 1.73. The van der Waals surface area contributed by atoms with E-state index in [9.17, 15) is 0 Å². The van der Waals surface area contributed by atoms with Crippen molar-refractivity contribution < 1.29 is 4.74 Å². The maximum Gasteiger partial charge on any atom is 0.119 e. The molecule has 118 valence electrons. The largest absolute Gasteiger partial charge is 0.497 e. The van der Waals surface area contributed by atoms with Gasteiger partial charge in [0.05, 0.1) is 12.8 Å². The number of benzene rings is 1. The van der Waals surface area contributed by atoms with E-state index in [4.69, 9.17) is 10.5 Å². The lowest BCUT2D eigenvalue weighted by Gasteiger charge is -2.28. The third kappa shape index (κ3) is 1.99. The molecule has 1 aliphatic carbocycles. The number of hydrogen-bond acceptors (Lipinski definition) is 2. The van der Waals surface area contributed by atoms with Crippen molar-refractivity contribution >= 4 is 0 Å². The van der Waals surface area contributed by atoms with Crippen LogP contribution in [0, 0.1) is 0 Å². The van der Waals surface area contributed by atoms with Crippen LogP contribution in [0.15, 0.2) is 30.5 Å². The summed E-state index contributed by atoms with van der Waals surface area (Å²) in [5.74, 6) is 0.918. The van der Waals surface area contributed by atoms with Gasteiger partial charge < -0.3 is 15.0 Å². The van der Waals surface area contributed by atoms with E-state index < -0.39 is 0 Å². The predicted octanol–water partition coefficient (Wildman–Crippen LogP) is 3.93. The average molecular weight is 298 g/mol. The van der Waals surface area contributed by atoms with Gasteiger partial charge in [0, 0.05) is 29.8 Å². The van der Waals surface area contributed by atoms with Crippen LogP contribution < -0.4 is 10.5 Å². The fourth-order valence-corrected chi connectivity index (χ4v) is 4.04. The highest BCUT2D eigenvalue weighted by Crippen LogP contribution is 2.53. The molecule has 1 aromatic heterocycles. The normalized spacial score (nSPS) is 16.2. The van der Waals surface area contributed by atoms with Crippen molar-refractivity contribution in [3.05, 3.63) is 41.6 Å². The SMILES string of the molecule is CCC1(CC)c2ccc(OC)cc2-c2c1ccn2C[C@H](C)N. The van der Waals surface area contributed by atoms with Crippen LogP contribution in [0.1, 0.15) is 44.7 Å². The van der Waals surface area contributed by atoms with Crippen molar-refractivity contribution in [2.75, 3.05) is 7.11 Å². The lowest BCUT2D eigenvalue weighted by Crippen LogP contribution is -2.23. The molecular formula is C19H26N2O. The Morgan fingerprint density at radius 1 is 1.18 bits per heavy atom. The molecule has 22 heavy (non-hydrogen) atoms. The molecule has 0 saturated heterocycles. The van der Waals surface area contributed by atoms with Crippen molar-refractivity contribution in [2.45, 2.75) is 51.6 Å². The van der Waals surface area contributed by atoms with Crippen LogP contribution in [-0.4, -0.2) is 17.7 Å². The Morgan fingerprint density at radius 3 is 2.50 bits per heavy atom. The van der Waals surface area contributed by atoms with Gasteiger partial charge in [0.2, 0.25) is 0 Å². The molecule has 1 heterocycles. The Labute approximate surface area is 133 Å². The summed E-state index contributed by atoms with van der Waals surface area (Å²) >= 11 is 0. The first kappa shape index (κ1) is 15.2. The summed E-state index contributed by atoms with van der Waals surface area (Å²) in [5.41, 5.74) is 11.7. The third-order valence-corrected chi connectivity index (χ3v) is 5.17. The molecule has 0 radical (unpaired) electrons. The monoisotopic (exact) mass is 298 g/mol. The molecule has 0 aliphatic heterocycles. The smallest absolute Gasteiger partial charge is 0.119 e. The first-order valence-electron chi connectivity index (χ1n) is 8.21. The second-order valence-electron chi connectivity index (χ2n) is 6.41. The Hall–Kier alpha value is -1.74. The fraction of sp³-hybridized carbons (Fsp3) is 0.474. The van der Waals surface area contributed by atoms with E-state index in [1.165, 1.54) is 22.4 Å². The van der Waals surface area contributed by atoms with Crippen molar-refractivity contribution in [3.63, 3.8) is 0 Å². The second-order valence-corrected chi connectivity index (χ2v) is 6.41. The maximum atomic E-state index is 6.04. The number of methoxy groups -OCH3 is 1. The number of aromatic nitrogens is 1. The van der Waals surface area contributed by atoms with Gasteiger partial charge in [-0.3, -0.25) is 0 Å². The molecule has 2 N–H and O–H groups in total. The Morgan fingerprint density at radius 2 is 1.91 bits per heavy atom. The lowest BCUT2D eigenvalue weighted by atomic mass is 9.74. The van der Waals surface area contributed by atoms with Crippen LogP contribution >= 0.6 is 0 Å². The van der Waals surface area contributed by atoms with Gasteiger partial charge in [-0.25, -0.2) is 0 Å². The molecule has 0 fully saturated rings. The molecule has 1 aromatic carbocycles. The summed E-state index contributed by atoms with van der Waals surface area (Å²) in [6.45, 7) is 7.47. The summed E-state index contributed by atoms with van der Waals surface area (Å²) < 4.78 is 7.76. The number of fused-ring (bicyclic) bond motifs is 3. The van der Waals surface area contributed by atoms with Crippen molar-refractivity contribution in [3.8, 4) is 17.0 Å². The molecule has 0 spiro atoms. The molecule has 3 nitrogen and oxygen atoms in total. The number of nitrogens with two attached hydrogens (primary N) is 1. The van der Waals surface area contributed by atoms with Gasteiger partial charge in [-0.2, -0.15) is 0 Å². The van der Waals surface area contributed by atoms with Crippen LogP contribution in [0.25, 0.3) is 11.3 Å². The third-order valence-electron chi connectivity index (χ3n) is 5.17. The summed E-state index contributed by atoms with van der Waals surface area (Å²) in [6.07, 6.45) is 4.41. The minimum Gasteiger partial charge on any atom is -0.497 e. The molecular weight excluding hydrogens is 272 g/mol. The van der Waals surface area contributed by atoms with E-state index >= 15 is 0 Å². The van der Waals surface area contributed by atoms with Gasteiger partial charge in [0.1, 0.15) is 5.75 Å². The fourth-order valence-electron chi connectivity index (χ4n) is 4.04. The van der Waals surface area contributed by atoms with Crippen LogP contribution in [0.2, 0.25) is 0 Å². The summed E-state index contributed by atoms with van der Waals surface area (Å²) in [5, 5.41) is 0. The van der Waals surface area contributed by atoms with Crippen LogP contribution in [0.3, 0.4) is 0 Å². The van der Waals surface area contributed by atoms with Crippen LogP contribution in [0.5, 0.6) is 5.75 Å². The Balaban J connectivity index is 2.26. The lowest BCUT2D eigenvalue weighted by molar-refractivity contribution is 0.414. The van der Waals surface area contributed by atoms with Gasteiger partial charge in [-0.15, -0.1) is 0 Å². The summed E-state index contributed by atoms with van der Waals surface area (Å²) in [6, 6.07) is 8.94. The first-order valence-corrected chi connectivity index (χ1v) is 8.21. The highest BCUT2D eigenvalue weighted by molar-refractivity contribution is 5.80. The molecule has 0 unspecified atom stereocenters. The van der Waals surface area contributed by atoms with Crippen molar-refractivity contribution in [1.29, 1.82) is 0 Å². The highest BCUT2D eigenvalue weighted by atomic mass is 16.5. The zero-order chi connectivity index (χ0) is 15.9. The minimum absolute atomic E-state index is 0.125. The minimum atomic E-state index is 0.125. The van der Waals surface area contributed by atoms with E-state index in [1.54, 1.807) is 7.11 Å². The second kappa shape index (κ2) is 5.47. The summed E-state index contributed by atoms with van der Waals surface area (Å²) in [4.78, 5) is 0. The quantitative estimate of drug-likeness (QED) is 0.908. The molecule has 2 aromatic rings. The van der Waals surface area contributed by atoms with E-state index in [-0.39, 0.29) is 11.5 Å². The van der Waals surface area contributed by atoms with E-state index in [2.05, 4.69) is 55.8 Å². The van der Waals surface area contributed by atoms with Gasteiger partial charge in [0.25, 0.3) is 0 Å². The van der Waals surface area contributed by atoms with Gasteiger partial charge >= 0.3 is 0 Å². The Bertz CT molecular complexity index is 681. The van der Waals surface area contributed by atoms with E-state index in [1.807, 2.05) is 0 Å². The van der Waals surface area contributed by atoms with E-state index in [0.717, 1.165) is 25.1 Å². The Kier molecular flexibility index (Phi) is 3.77. The van der Waals surface area contributed by atoms with Crippen molar-refractivity contribution in [2.24, 2.45) is 5.73 Å². The molecule has 0 bridgehead atoms. The van der Waals surface area contributed by atoms with Crippen LogP contribution in [0.4, 0.5) is 0 Å². The van der Waals surface area contributed by atoms with Gasteiger partial charge in [0.15, 0.2) is 0 Å². The topological polar surface area (TPSA) is 40.2 Å². The predicted molar refractivity (Wildman–Crippen MR) is 91.4 cm³/mol. The molecule has 0 amide bonds. The number of nitrogens with zero attached hydrogens (tertiary/aromatic N) is 1. The molecule has 3 rings (SSSR count). The zero-order valence-electron chi connectivity index (χ0n) is 14.0. The van der Waals surface area contributed by atoms with Gasteiger partial charge in [-0.1, -0.05) is 19.9 Å². The van der Waals surface area contributed by atoms with Crippen molar-refractivity contribution in [1.82, 2.24) is 4.57 Å². The molecule has 3 heteroatoms. The number of hydrogen-bond donors (Lipinski definition) is 1. The average Bonchev–Trinajstić information content (AvgIpc) is 3.04. The standard InChI is InChI=1S/C19H26N2O/c1-5-19(6-2)16-8-7-14(22-4)11-15(16)18-17(19)9-10-21(18)12-13(3)20/h7-11,13H,5-6,12,20H2,1-4H3/t13-/m0/s1. The highest BCUT2D eigenvalue weighted by Gasteiger charge is 2.42. The van der Waals surface area contributed by atoms with Crippen LogP contribution in [-0.2, 0) is 12.0 Å². The number of ether oxygens (including phenoxy) is 1. The number of rotatable bonds is 5. The molecule has 1 aliphatic rings. The maximum absolute atomic E-state index is 6.04. The zero-order valence-corrected chi connectivity index (χ0v) is 14.0. The molecule has 1 atom stereocenters. The van der Waals surface area contributed by atoms with E-state index in [0.29, 0.717) is 0 Å². The first-order chi connectivity index (χ1) is 10.6. The molecule has 0 saturated carbocycles. The van der Waals surface area contributed by atoms with Gasteiger partial charge in [-0.05, 0) is 49.1 Å².